The van der Waals surface area contributed by atoms with E-state index in [2.05, 4.69) is 0 Å². The predicted octanol–water partition coefficient (Wildman–Crippen LogP) is 1.05. The average Bonchev–Trinajstić information content (AvgIpc) is 3.14. The van der Waals surface area contributed by atoms with E-state index >= 15 is 0 Å². The van der Waals surface area contributed by atoms with Crippen LogP contribution < -0.4 is 11.2 Å². The number of nitriles is 1. The molecular formula is C19H20N4O3. The molecule has 7 nitrogen and oxygen atoms in total. The first-order valence-electron chi connectivity index (χ1n) is 8.53. The molecule has 26 heavy (non-hydrogen) atoms. The van der Waals surface area contributed by atoms with Gasteiger partial charge in [0, 0.05) is 19.3 Å². The number of nitrogens with zero attached hydrogens (tertiary/aromatic N) is 4. The number of benzene rings is 1. The largest absolute Gasteiger partial charge is 0.337 e. The second kappa shape index (κ2) is 7.00. The van der Waals surface area contributed by atoms with Crippen molar-refractivity contribution in [3.63, 3.8) is 0 Å². The molecule has 0 saturated carbocycles. The molecule has 0 saturated heterocycles. The van der Waals surface area contributed by atoms with Crippen LogP contribution in [-0.4, -0.2) is 27.0 Å². The van der Waals surface area contributed by atoms with E-state index in [1.165, 1.54) is 9.47 Å². The summed E-state index contributed by atoms with van der Waals surface area (Å²) in [5.74, 6) is -0.358. The molecule has 1 atom stereocenters. The van der Waals surface area contributed by atoms with Crippen LogP contribution in [-0.2, 0) is 24.3 Å². The van der Waals surface area contributed by atoms with E-state index in [0.29, 0.717) is 25.1 Å². The number of carbonyl (C=O) groups excluding carboxylic acids is 1. The number of carbonyl (C=O) groups is 1. The summed E-state index contributed by atoms with van der Waals surface area (Å²) in [5.41, 5.74) is 0.209. The Balaban J connectivity index is 1.92. The van der Waals surface area contributed by atoms with Crippen LogP contribution in [0.3, 0.4) is 0 Å². The summed E-state index contributed by atoms with van der Waals surface area (Å²) in [6.07, 6.45) is 1.25. The summed E-state index contributed by atoms with van der Waals surface area (Å²) in [6, 6.07) is 11.2. The van der Waals surface area contributed by atoms with Crippen LogP contribution in [0.25, 0.3) is 0 Å². The number of aromatic nitrogens is 2. The third-order valence-electron chi connectivity index (χ3n) is 4.99. The fraction of sp³-hybridized carbons (Fsp3) is 0.368. The molecule has 7 heteroatoms. The van der Waals surface area contributed by atoms with Crippen LogP contribution in [0.1, 0.15) is 36.2 Å². The van der Waals surface area contributed by atoms with E-state index < -0.39 is 11.2 Å². The van der Waals surface area contributed by atoms with E-state index in [0.717, 1.165) is 10.1 Å². The maximum atomic E-state index is 12.7. The van der Waals surface area contributed by atoms with E-state index in [-0.39, 0.29) is 24.1 Å². The molecular weight excluding hydrogens is 332 g/mol. The fourth-order valence-corrected chi connectivity index (χ4v) is 3.31. The zero-order valence-electron chi connectivity index (χ0n) is 14.8. The Bertz CT molecular complexity index is 998. The highest BCUT2D eigenvalue weighted by Crippen LogP contribution is 2.18. The second-order valence-corrected chi connectivity index (χ2v) is 6.45. The predicted molar refractivity (Wildman–Crippen MR) is 95.6 cm³/mol. The van der Waals surface area contributed by atoms with E-state index in [1.807, 2.05) is 43.3 Å². The Morgan fingerprint density at radius 3 is 2.65 bits per heavy atom. The molecule has 0 aliphatic carbocycles. The van der Waals surface area contributed by atoms with Crippen molar-refractivity contribution >= 4 is 5.91 Å². The lowest BCUT2D eigenvalue weighted by molar-refractivity contribution is -0.132. The highest BCUT2D eigenvalue weighted by Gasteiger charge is 2.25. The minimum Gasteiger partial charge on any atom is -0.337 e. The SMILES string of the molecule is C[C@@H](c1ccccc1)N(C)C(=O)Cn1c(=O)c(C#N)c2n(c1=O)CCC2. The summed E-state index contributed by atoms with van der Waals surface area (Å²) in [6.45, 7) is 1.97. The molecule has 0 radical (unpaired) electrons. The Morgan fingerprint density at radius 1 is 1.31 bits per heavy atom. The lowest BCUT2D eigenvalue weighted by Crippen LogP contribution is -2.45. The lowest BCUT2D eigenvalue weighted by Gasteiger charge is -2.25. The molecule has 0 bridgehead atoms. The number of amides is 1. The van der Waals surface area contributed by atoms with Gasteiger partial charge in [0.15, 0.2) is 0 Å². The molecule has 0 unspecified atom stereocenters. The van der Waals surface area contributed by atoms with Gasteiger partial charge < -0.3 is 4.90 Å². The minimum absolute atomic E-state index is 0.0336. The zero-order chi connectivity index (χ0) is 18.8. The van der Waals surface area contributed by atoms with Crippen molar-refractivity contribution in [1.82, 2.24) is 14.0 Å². The highest BCUT2D eigenvalue weighted by molar-refractivity contribution is 5.76. The molecule has 0 spiro atoms. The third kappa shape index (κ3) is 2.94. The van der Waals surface area contributed by atoms with Crippen LogP contribution in [0.15, 0.2) is 39.9 Å². The van der Waals surface area contributed by atoms with Crippen LogP contribution in [0.5, 0.6) is 0 Å². The molecule has 1 amide bonds. The van der Waals surface area contributed by atoms with Crippen LogP contribution >= 0.6 is 0 Å². The average molecular weight is 352 g/mol. The smallest absolute Gasteiger partial charge is 0.331 e. The Labute approximate surface area is 150 Å². The van der Waals surface area contributed by atoms with Gasteiger partial charge >= 0.3 is 5.69 Å². The molecule has 1 aromatic heterocycles. The van der Waals surface area contributed by atoms with E-state index in [4.69, 9.17) is 0 Å². The number of hydrogen-bond acceptors (Lipinski definition) is 4. The van der Waals surface area contributed by atoms with Gasteiger partial charge in [-0.15, -0.1) is 0 Å². The maximum absolute atomic E-state index is 12.7. The van der Waals surface area contributed by atoms with Gasteiger partial charge in [0.2, 0.25) is 5.91 Å². The third-order valence-corrected chi connectivity index (χ3v) is 4.99. The van der Waals surface area contributed by atoms with Crippen molar-refractivity contribution in [2.24, 2.45) is 0 Å². The normalized spacial score (nSPS) is 13.7. The molecule has 1 aliphatic heterocycles. The van der Waals surface area contributed by atoms with Crippen LogP contribution in [0.2, 0.25) is 0 Å². The number of rotatable bonds is 4. The molecule has 3 rings (SSSR count). The van der Waals surface area contributed by atoms with Crippen molar-refractivity contribution in [2.75, 3.05) is 7.05 Å². The Hall–Kier alpha value is -3.14. The first kappa shape index (κ1) is 17.7. The van der Waals surface area contributed by atoms with E-state index in [9.17, 15) is 19.6 Å². The van der Waals surface area contributed by atoms with Gasteiger partial charge in [0.1, 0.15) is 18.2 Å². The summed E-state index contributed by atoms with van der Waals surface area (Å²) in [7, 11) is 1.64. The Morgan fingerprint density at radius 2 is 2.00 bits per heavy atom. The first-order valence-corrected chi connectivity index (χ1v) is 8.53. The van der Waals surface area contributed by atoms with Crippen molar-refractivity contribution in [3.05, 3.63) is 68.0 Å². The van der Waals surface area contributed by atoms with Gasteiger partial charge in [0.05, 0.1) is 6.04 Å². The summed E-state index contributed by atoms with van der Waals surface area (Å²) < 4.78 is 2.32. The molecule has 1 aromatic carbocycles. The molecule has 2 aromatic rings. The van der Waals surface area contributed by atoms with Gasteiger partial charge in [0.25, 0.3) is 5.56 Å². The highest BCUT2D eigenvalue weighted by atomic mass is 16.2. The van der Waals surface area contributed by atoms with Crippen LogP contribution in [0.4, 0.5) is 0 Å². The van der Waals surface area contributed by atoms with Gasteiger partial charge in [-0.2, -0.15) is 5.26 Å². The summed E-state index contributed by atoms with van der Waals surface area (Å²) >= 11 is 0. The number of hydrogen-bond donors (Lipinski definition) is 0. The summed E-state index contributed by atoms with van der Waals surface area (Å²) in [4.78, 5) is 39.3. The molecule has 1 aliphatic rings. The van der Waals surface area contributed by atoms with Crippen molar-refractivity contribution < 1.29 is 4.79 Å². The van der Waals surface area contributed by atoms with Gasteiger partial charge in [-0.3, -0.25) is 14.2 Å². The van der Waals surface area contributed by atoms with Crippen molar-refractivity contribution in [2.45, 2.75) is 38.9 Å². The molecule has 0 N–H and O–H groups in total. The minimum atomic E-state index is -0.681. The standard InChI is InChI=1S/C19H20N4O3/c1-13(14-7-4-3-5-8-14)21(2)17(24)12-23-18(25)15(11-20)16-9-6-10-22(16)19(23)26/h3-5,7-8,13H,6,9-10,12H2,1-2H3/t13-/m0/s1. The van der Waals surface area contributed by atoms with E-state index in [1.54, 1.807) is 7.05 Å². The van der Waals surface area contributed by atoms with Crippen molar-refractivity contribution in [3.8, 4) is 6.07 Å². The lowest BCUT2D eigenvalue weighted by atomic mass is 10.1. The number of likely N-dealkylation sites (N-methyl/N-ethyl adjacent to an activating group) is 1. The quantitative estimate of drug-likeness (QED) is 0.823. The molecule has 0 fully saturated rings. The number of fused-ring (bicyclic) bond motifs is 1. The van der Waals surface area contributed by atoms with Gasteiger partial charge in [-0.25, -0.2) is 9.36 Å². The fourth-order valence-electron chi connectivity index (χ4n) is 3.31. The van der Waals surface area contributed by atoms with Gasteiger partial charge in [-0.1, -0.05) is 30.3 Å². The molecule has 2 heterocycles. The maximum Gasteiger partial charge on any atom is 0.331 e. The molecule has 134 valence electrons. The zero-order valence-corrected chi connectivity index (χ0v) is 14.8. The first-order chi connectivity index (χ1) is 12.5. The second-order valence-electron chi connectivity index (χ2n) is 6.45. The topological polar surface area (TPSA) is 88.1 Å². The monoisotopic (exact) mass is 352 g/mol. The van der Waals surface area contributed by atoms with Gasteiger partial charge in [-0.05, 0) is 25.3 Å². The summed E-state index contributed by atoms with van der Waals surface area (Å²) in [5, 5.41) is 9.30. The Kier molecular flexibility index (Phi) is 4.76. The van der Waals surface area contributed by atoms with Crippen LogP contribution in [0, 0.1) is 11.3 Å². The van der Waals surface area contributed by atoms with Crippen molar-refractivity contribution in [1.29, 1.82) is 5.26 Å².